The Morgan fingerprint density at radius 3 is 2.73 bits per heavy atom. The fourth-order valence-electron chi connectivity index (χ4n) is 3.40. The highest BCUT2D eigenvalue weighted by Crippen LogP contribution is 2.15. The van der Waals surface area contributed by atoms with Gasteiger partial charge in [-0.1, -0.05) is 30.3 Å². The zero-order valence-corrected chi connectivity index (χ0v) is 14.8. The van der Waals surface area contributed by atoms with E-state index in [9.17, 15) is 0 Å². The van der Waals surface area contributed by atoms with Crippen LogP contribution in [0.1, 0.15) is 24.0 Å². The molecule has 1 fully saturated rings. The van der Waals surface area contributed by atoms with Crippen LogP contribution >= 0.6 is 0 Å². The molecule has 6 heteroatoms. The van der Waals surface area contributed by atoms with Crippen molar-refractivity contribution >= 4 is 5.95 Å². The third kappa shape index (κ3) is 4.26. The minimum absolute atomic E-state index is 0.449. The maximum atomic E-state index is 4.48. The summed E-state index contributed by atoms with van der Waals surface area (Å²) in [6.07, 6.45) is 10.0. The Balaban J connectivity index is 1.30. The third-order valence-corrected chi connectivity index (χ3v) is 4.73. The third-order valence-electron chi connectivity index (χ3n) is 4.73. The number of rotatable bonds is 6. The predicted molar refractivity (Wildman–Crippen MR) is 102 cm³/mol. The average Bonchev–Trinajstić information content (AvgIpc) is 3.15. The van der Waals surface area contributed by atoms with E-state index in [4.69, 9.17) is 0 Å². The number of hydrogen-bond acceptors (Lipinski definition) is 5. The van der Waals surface area contributed by atoms with Crippen LogP contribution in [-0.2, 0) is 13.1 Å². The topological polar surface area (TPSA) is 58.9 Å². The summed E-state index contributed by atoms with van der Waals surface area (Å²) >= 11 is 0. The molecular weight excluding hydrogens is 324 g/mol. The normalized spacial score (nSPS) is 17.4. The Morgan fingerprint density at radius 1 is 1.04 bits per heavy atom. The van der Waals surface area contributed by atoms with Gasteiger partial charge in [0.1, 0.15) is 0 Å². The van der Waals surface area contributed by atoms with E-state index >= 15 is 0 Å². The first-order chi connectivity index (χ1) is 12.9. The molecule has 0 spiro atoms. The van der Waals surface area contributed by atoms with Crippen LogP contribution in [-0.4, -0.2) is 38.9 Å². The molecule has 0 aliphatic carbocycles. The van der Waals surface area contributed by atoms with E-state index in [-0.39, 0.29) is 0 Å². The average molecular weight is 348 g/mol. The Hall–Kier alpha value is -2.73. The van der Waals surface area contributed by atoms with Gasteiger partial charge >= 0.3 is 0 Å². The van der Waals surface area contributed by atoms with Crippen LogP contribution in [0.2, 0.25) is 0 Å². The molecule has 3 heterocycles. The van der Waals surface area contributed by atoms with Crippen molar-refractivity contribution in [2.45, 2.75) is 32.0 Å². The summed E-state index contributed by atoms with van der Waals surface area (Å²) in [6, 6.07) is 12.7. The summed E-state index contributed by atoms with van der Waals surface area (Å²) in [5.41, 5.74) is 2.48. The van der Waals surface area contributed by atoms with Gasteiger partial charge in [-0.05, 0) is 24.5 Å². The molecule has 0 amide bonds. The zero-order valence-electron chi connectivity index (χ0n) is 14.8. The van der Waals surface area contributed by atoms with Gasteiger partial charge in [0, 0.05) is 49.8 Å². The molecule has 4 rings (SSSR count). The van der Waals surface area contributed by atoms with E-state index in [1.54, 1.807) is 12.4 Å². The second kappa shape index (κ2) is 8.10. The van der Waals surface area contributed by atoms with Crippen molar-refractivity contribution in [1.82, 2.24) is 25.1 Å². The van der Waals surface area contributed by atoms with Crippen molar-refractivity contribution in [3.8, 4) is 0 Å². The first-order valence-electron chi connectivity index (χ1n) is 9.17. The van der Waals surface area contributed by atoms with Crippen molar-refractivity contribution in [2.75, 3.05) is 18.0 Å². The van der Waals surface area contributed by atoms with Gasteiger partial charge in [0.15, 0.2) is 0 Å². The van der Waals surface area contributed by atoms with E-state index in [1.165, 1.54) is 17.5 Å². The van der Waals surface area contributed by atoms with Crippen LogP contribution in [0, 0.1) is 0 Å². The van der Waals surface area contributed by atoms with Crippen LogP contribution < -0.4 is 10.2 Å². The second-order valence-corrected chi connectivity index (χ2v) is 6.75. The molecule has 0 bridgehead atoms. The predicted octanol–water partition coefficient (Wildman–Crippen LogP) is 2.48. The molecule has 0 radical (unpaired) electrons. The Bertz CT molecular complexity index is 801. The molecule has 1 aliphatic heterocycles. The van der Waals surface area contributed by atoms with Gasteiger partial charge in [-0.15, -0.1) is 0 Å². The lowest BCUT2D eigenvalue weighted by molar-refractivity contribution is 0.418. The molecule has 26 heavy (non-hydrogen) atoms. The van der Waals surface area contributed by atoms with E-state index < -0.39 is 0 Å². The van der Waals surface area contributed by atoms with E-state index in [0.717, 1.165) is 38.5 Å². The summed E-state index contributed by atoms with van der Waals surface area (Å²) in [7, 11) is 0. The van der Waals surface area contributed by atoms with Crippen LogP contribution in [0.3, 0.4) is 0 Å². The van der Waals surface area contributed by atoms with Gasteiger partial charge in [-0.3, -0.25) is 4.68 Å². The lowest BCUT2D eigenvalue weighted by Gasteiger charge is -2.33. The van der Waals surface area contributed by atoms with Gasteiger partial charge < -0.3 is 10.2 Å². The molecule has 2 aromatic heterocycles. The van der Waals surface area contributed by atoms with Crippen molar-refractivity contribution < 1.29 is 0 Å². The molecule has 1 saturated heterocycles. The van der Waals surface area contributed by atoms with E-state index in [0.29, 0.717) is 6.04 Å². The van der Waals surface area contributed by atoms with Crippen LogP contribution in [0.5, 0.6) is 0 Å². The molecule has 3 aromatic rings. The highest BCUT2D eigenvalue weighted by Gasteiger charge is 2.21. The fraction of sp³-hybridized carbons (Fsp3) is 0.350. The standard InChI is InChI=1S/C20H24N6/c1-2-6-17(7-3-1)14-26-15-18(13-24-26)12-23-19-8-4-11-25(16-19)20-21-9-5-10-22-20/h1-3,5-7,9-10,13,15,19,23H,4,8,11-12,14,16H2/t19-/m0/s1. The molecule has 134 valence electrons. The molecule has 6 nitrogen and oxygen atoms in total. The summed E-state index contributed by atoms with van der Waals surface area (Å²) in [5, 5.41) is 8.15. The first-order valence-corrected chi connectivity index (χ1v) is 9.17. The summed E-state index contributed by atoms with van der Waals surface area (Å²) < 4.78 is 2.00. The zero-order chi connectivity index (χ0) is 17.6. The number of anilines is 1. The highest BCUT2D eigenvalue weighted by molar-refractivity contribution is 5.29. The Kier molecular flexibility index (Phi) is 5.21. The van der Waals surface area contributed by atoms with Gasteiger partial charge in [0.2, 0.25) is 5.95 Å². The number of piperidine rings is 1. The van der Waals surface area contributed by atoms with Gasteiger partial charge in [-0.2, -0.15) is 5.10 Å². The number of hydrogen-bond donors (Lipinski definition) is 1. The fourth-order valence-corrected chi connectivity index (χ4v) is 3.40. The summed E-state index contributed by atoms with van der Waals surface area (Å²) in [5.74, 6) is 0.828. The quantitative estimate of drug-likeness (QED) is 0.742. The Labute approximate surface area is 153 Å². The van der Waals surface area contributed by atoms with E-state index in [1.807, 2.05) is 23.0 Å². The number of benzene rings is 1. The maximum absolute atomic E-state index is 4.48. The highest BCUT2D eigenvalue weighted by atomic mass is 15.3. The van der Waals surface area contributed by atoms with Crippen molar-refractivity contribution in [2.24, 2.45) is 0 Å². The molecular formula is C20H24N6. The number of nitrogens with one attached hydrogen (secondary N) is 1. The lowest BCUT2D eigenvalue weighted by atomic mass is 10.1. The minimum atomic E-state index is 0.449. The monoisotopic (exact) mass is 348 g/mol. The molecule has 0 saturated carbocycles. The molecule has 1 aromatic carbocycles. The maximum Gasteiger partial charge on any atom is 0.225 e. The molecule has 0 unspecified atom stereocenters. The van der Waals surface area contributed by atoms with Crippen molar-refractivity contribution in [3.63, 3.8) is 0 Å². The Morgan fingerprint density at radius 2 is 1.88 bits per heavy atom. The number of nitrogens with zero attached hydrogens (tertiary/aromatic N) is 5. The SMILES string of the molecule is c1ccc(Cn2cc(CN[C@H]3CCCN(c4ncccn4)C3)cn2)cc1. The molecule has 1 aliphatic rings. The molecule has 1 atom stereocenters. The molecule has 1 N–H and O–H groups in total. The summed E-state index contributed by atoms with van der Waals surface area (Å²) in [4.78, 5) is 11.0. The van der Waals surface area contributed by atoms with Gasteiger partial charge in [-0.25, -0.2) is 9.97 Å². The van der Waals surface area contributed by atoms with Crippen LogP contribution in [0.25, 0.3) is 0 Å². The largest absolute Gasteiger partial charge is 0.339 e. The van der Waals surface area contributed by atoms with Gasteiger partial charge in [0.25, 0.3) is 0 Å². The van der Waals surface area contributed by atoms with Crippen molar-refractivity contribution in [3.05, 3.63) is 72.3 Å². The first kappa shape index (κ1) is 16.7. The smallest absolute Gasteiger partial charge is 0.225 e. The van der Waals surface area contributed by atoms with E-state index in [2.05, 4.69) is 55.7 Å². The second-order valence-electron chi connectivity index (χ2n) is 6.75. The van der Waals surface area contributed by atoms with Crippen molar-refractivity contribution in [1.29, 1.82) is 0 Å². The van der Waals surface area contributed by atoms with Crippen LogP contribution in [0.4, 0.5) is 5.95 Å². The summed E-state index contributed by atoms with van der Waals surface area (Å²) in [6.45, 7) is 3.62. The van der Waals surface area contributed by atoms with Gasteiger partial charge in [0.05, 0.1) is 12.7 Å². The minimum Gasteiger partial charge on any atom is -0.339 e. The lowest BCUT2D eigenvalue weighted by Crippen LogP contribution is -2.46. The number of aromatic nitrogens is 4. The van der Waals surface area contributed by atoms with Crippen LogP contribution in [0.15, 0.2) is 61.2 Å².